The molecule has 9 heteroatoms. The molecule has 0 saturated heterocycles. The number of anilines is 3. The Morgan fingerprint density at radius 2 is 1.64 bits per heavy atom. The van der Waals surface area contributed by atoms with Gasteiger partial charge in [0.05, 0.1) is 36.3 Å². The van der Waals surface area contributed by atoms with Crippen molar-refractivity contribution in [3.05, 3.63) is 40.2 Å². The van der Waals surface area contributed by atoms with Gasteiger partial charge in [-0.15, -0.1) is 0 Å². The van der Waals surface area contributed by atoms with Crippen LogP contribution in [0.5, 0.6) is 0 Å². The number of rotatable bonds is 6. The fourth-order valence-electron chi connectivity index (χ4n) is 3.65. The lowest BCUT2D eigenvalue weighted by atomic mass is 9.94. The monoisotopic (exact) mass is 387 g/mol. The molecule has 1 heterocycles. The smallest absolute Gasteiger partial charge is 0.354 e. The number of nitrogens with two attached hydrogens (primary N) is 4. The number of H-pyrrole nitrogens is 1. The van der Waals surface area contributed by atoms with Crippen molar-refractivity contribution < 1.29 is 19.1 Å². The van der Waals surface area contributed by atoms with Crippen LogP contribution in [-0.4, -0.2) is 31.0 Å². The zero-order valence-corrected chi connectivity index (χ0v) is 15.9. The second-order valence-corrected chi connectivity index (χ2v) is 6.94. The molecule has 3 rings (SSSR count). The highest BCUT2D eigenvalue weighted by molar-refractivity contribution is 6.00. The minimum atomic E-state index is -1.46. The summed E-state index contributed by atoms with van der Waals surface area (Å²) < 4.78 is 10.3. The van der Waals surface area contributed by atoms with Crippen molar-refractivity contribution in [2.75, 3.05) is 31.4 Å². The summed E-state index contributed by atoms with van der Waals surface area (Å²) in [6.45, 7) is 0. The van der Waals surface area contributed by atoms with Gasteiger partial charge in [-0.1, -0.05) is 0 Å². The number of carbonyl (C=O) groups is 2. The quantitative estimate of drug-likeness (QED) is 0.212. The summed E-state index contributed by atoms with van der Waals surface area (Å²) in [6.07, 6.45) is 2.11. The van der Waals surface area contributed by atoms with Crippen LogP contribution in [-0.2, 0) is 28.0 Å². The third kappa shape index (κ3) is 3.19. The molecule has 1 aromatic carbocycles. The Balaban J connectivity index is 1.96. The number of esters is 1. The summed E-state index contributed by atoms with van der Waals surface area (Å²) in [6, 6.07) is 3.09. The van der Waals surface area contributed by atoms with E-state index in [4.69, 9.17) is 32.4 Å². The number of aromatic amines is 1. The van der Waals surface area contributed by atoms with Crippen molar-refractivity contribution in [1.82, 2.24) is 4.98 Å². The van der Waals surface area contributed by atoms with Crippen molar-refractivity contribution in [2.24, 2.45) is 5.73 Å². The first kappa shape index (κ1) is 19.7. The van der Waals surface area contributed by atoms with E-state index in [1.54, 1.807) is 12.1 Å². The molecule has 28 heavy (non-hydrogen) atoms. The summed E-state index contributed by atoms with van der Waals surface area (Å²) in [5.74, 6) is -0.784. The van der Waals surface area contributed by atoms with E-state index in [0.29, 0.717) is 29.8 Å². The van der Waals surface area contributed by atoms with Crippen LogP contribution in [0.2, 0.25) is 0 Å². The van der Waals surface area contributed by atoms with Crippen LogP contribution in [0.3, 0.4) is 0 Å². The molecule has 0 spiro atoms. The molecule has 1 aromatic heterocycles. The molecule has 0 bridgehead atoms. The summed E-state index contributed by atoms with van der Waals surface area (Å²) in [5.41, 5.74) is 26.0. The standard InChI is InChI=1S/C19H25N5O4/c1-27-18(26)17-11-5-3-4-10(11)16(24-17)14(25)8-19(23,28-2)9-6-12(20)15(22)13(21)7-9/h6-7,24H,3-5,8,20-23H2,1-2H3. The van der Waals surface area contributed by atoms with E-state index in [1.165, 1.54) is 14.2 Å². The summed E-state index contributed by atoms with van der Waals surface area (Å²) >= 11 is 0. The maximum Gasteiger partial charge on any atom is 0.354 e. The van der Waals surface area contributed by atoms with E-state index in [-0.39, 0.29) is 29.3 Å². The zero-order valence-electron chi connectivity index (χ0n) is 15.9. The maximum absolute atomic E-state index is 13.1. The van der Waals surface area contributed by atoms with Gasteiger partial charge in [-0.25, -0.2) is 4.79 Å². The molecule has 0 aliphatic heterocycles. The van der Waals surface area contributed by atoms with Crippen molar-refractivity contribution in [1.29, 1.82) is 0 Å². The number of carbonyl (C=O) groups excluding carboxylic acids is 2. The fourth-order valence-corrected chi connectivity index (χ4v) is 3.65. The van der Waals surface area contributed by atoms with Gasteiger partial charge in [0.25, 0.3) is 0 Å². The second kappa shape index (κ2) is 7.17. The number of fused-ring (bicyclic) bond motifs is 1. The number of aromatic nitrogens is 1. The Morgan fingerprint density at radius 1 is 1.07 bits per heavy atom. The molecule has 1 unspecified atom stereocenters. The summed E-state index contributed by atoms with van der Waals surface area (Å²) in [4.78, 5) is 28.0. The van der Waals surface area contributed by atoms with Crippen LogP contribution in [0.25, 0.3) is 0 Å². The first-order valence-electron chi connectivity index (χ1n) is 8.86. The van der Waals surface area contributed by atoms with Gasteiger partial charge < -0.3 is 31.7 Å². The molecule has 1 aliphatic rings. The molecular weight excluding hydrogens is 362 g/mol. The lowest BCUT2D eigenvalue weighted by molar-refractivity contribution is -0.0122. The minimum absolute atomic E-state index is 0.181. The molecule has 0 radical (unpaired) electrons. The molecule has 0 saturated carbocycles. The van der Waals surface area contributed by atoms with Gasteiger partial charge >= 0.3 is 5.97 Å². The molecular formula is C19H25N5O4. The van der Waals surface area contributed by atoms with Crippen LogP contribution in [0, 0.1) is 0 Å². The number of ether oxygens (including phenoxy) is 2. The Morgan fingerprint density at radius 3 is 2.18 bits per heavy atom. The normalized spacial score (nSPS) is 15.1. The minimum Gasteiger partial charge on any atom is -0.464 e. The Bertz CT molecular complexity index is 929. The first-order chi connectivity index (χ1) is 13.2. The van der Waals surface area contributed by atoms with Crippen molar-refractivity contribution in [2.45, 2.75) is 31.4 Å². The summed E-state index contributed by atoms with van der Waals surface area (Å²) in [5, 5.41) is 0. The van der Waals surface area contributed by atoms with E-state index in [9.17, 15) is 9.59 Å². The Kier molecular flexibility index (Phi) is 5.05. The number of methoxy groups -OCH3 is 2. The predicted molar refractivity (Wildman–Crippen MR) is 106 cm³/mol. The SMILES string of the molecule is COC(=O)c1[nH]c(C(=O)CC(N)(OC)c2cc(N)c(N)c(N)c2)c2c1CCC2. The number of benzene rings is 1. The predicted octanol–water partition coefficient (Wildman–Crippen LogP) is 1.07. The van der Waals surface area contributed by atoms with Gasteiger partial charge in [0.2, 0.25) is 0 Å². The van der Waals surface area contributed by atoms with E-state index < -0.39 is 11.7 Å². The molecule has 150 valence electrons. The molecule has 9 nitrogen and oxygen atoms in total. The van der Waals surface area contributed by atoms with Gasteiger partial charge in [-0.2, -0.15) is 0 Å². The van der Waals surface area contributed by atoms with Crippen molar-refractivity contribution in [3.8, 4) is 0 Å². The number of hydrogen-bond donors (Lipinski definition) is 5. The Hall–Kier alpha value is -3.04. The largest absolute Gasteiger partial charge is 0.464 e. The van der Waals surface area contributed by atoms with E-state index in [1.807, 2.05) is 0 Å². The van der Waals surface area contributed by atoms with Crippen LogP contribution >= 0.6 is 0 Å². The highest BCUT2D eigenvalue weighted by Gasteiger charge is 2.35. The van der Waals surface area contributed by atoms with Crippen LogP contribution in [0.15, 0.2) is 12.1 Å². The third-order valence-electron chi connectivity index (χ3n) is 5.26. The highest BCUT2D eigenvalue weighted by atomic mass is 16.5. The Labute approximate surface area is 162 Å². The van der Waals surface area contributed by atoms with E-state index >= 15 is 0 Å². The molecule has 2 aromatic rings. The number of hydrogen-bond acceptors (Lipinski definition) is 8. The average molecular weight is 387 g/mol. The first-order valence-corrected chi connectivity index (χ1v) is 8.86. The van der Waals surface area contributed by atoms with Gasteiger partial charge in [-0.05, 0) is 42.5 Å². The lowest BCUT2D eigenvalue weighted by Gasteiger charge is -2.28. The average Bonchev–Trinajstić information content (AvgIpc) is 3.27. The van der Waals surface area contributed by atoms with Gasteiger partial charge in [0, 0.05) is 12.7 Å². The van der Waals surface area contributed by atoms with Crippen LogP contribution < -0.4 is 22.9 Å². The molecule has 0 fully saturated rings. The highest BCUT2D eigenvalue weighted by Crippen LogP contribution is 2.35. The van der Waals surface area contributed by atoms with Crippen molar-refractivity contribution >= 4 is 28.8 Å². The second-order valence-electron chi connectivity index (χ2n) is 6.94. The zero-order chi connectivity index (χ0) is 20.6. The van der Waals surface area contributed by atoms with Crippen LogP contribution in [0.1, 0.15) is 50.5 Å². The molecule has 0 amide bonds. The number of Topliss-reactive ketones (excluding diaryl/α,β-unsaturated/α-hetero) is 1. The van der Waals surface area contributed by atoms with E-state index in [0.717, 1.165) is 17.5 Å². The topological polar surface area (TPSA) is 172 Å². The van der Waals surface area contributed by atoms with Crippen molar-refractivity contribution in [3.63, 3.8) is 0 Å². The molecule has 1 aliphatic carbocycles. The van der Waals surface area contributed by atoms with E-state index in [2.05, 4.69) is 4.98 Å². The number of nitrogens with one attached hydrogen (secondary N) is 1. The van der Waals surface area contributed by atoms with Gasteiger partial charge in [0.15, 0.2) is 5.78 Å². The summed E-state index contributed by atoms with van der Waals surface area (Å²) in [7, 11) is 2.70. The lowest BCUT2D eigenvalue weighted by Crippen LogP contribution is -2.41. The maximum atomic E-state index is 13.1. The number of nitrogen functional groups attached to an aromatic ring is 3. The van der Waals surface area contributed by atoms with Gasteiger partial charge in [0.1, 0.15) is 11.4 Å². The third-order valence-corrected chi connectivity index (χ3v) is 5.26. The van der Waals surface area contributed by atoms with Crippen LogP contribution in [0.4, 0.5) is 17.1 Å². The fraction of sp³-hybridized carbons (Fsp3) is 0.368. The molecule has 9 N–H and O–H groups in total. The van der Waals surface area contributed by atoms with Gasteiger partial charge in [-0.3, -0.25) is 10.5 Å². The number of ketones is 1. The molecule has 1 atom stereocenters.